The predicted molar refractivity (Wildman–Crippen MR) is 239 cm³/mol. The van der Waals surface area contributed by atoms with Crippen LogP contribution in [0.3, 0.4) is 0 Å². The largest absolute Gasteiger partial charge is 0.472 e. The van der Waals surface area contributed by atoms with E-state index in [0.717, 1.165) is 70.6 Å². The van der Waals surface area contributed by atoms with E-state index in [1.54, 1.807) is 0 Å². The minimum absolute atomic E-state index is 0.0781. The average molecular weight is 873 g/mol. The number of carbonyl (C=O) groups is 1. The first kappa shape index (κ1) is 56.3. The molecule has 6 atom stereocenters. The highest BCUT2D eigenvalue weighted by molar-refractivity contribution is 7.47. The maximum absolute atomic E-state index is 12.8. The third-order valence-corrected chi connectivity index (χ3v) is 11.7. The number of carbonyl (C=O) groups excluding carboxylic acids is 1. The highest BCUT2D eigenvalue weighted by Gasteiger charge is 2.51. The van der Waals surface area contributed by atoms with Gasteiger partial charge in [0.05, 0.1) is 13.2 Å². The summed E-state index contributed by atoms with van der Waals surface area (Å²) in [5.74, 6) is -0.482. The number of unbranched alkanes of at least 4 members (excludes halogenated alkanes) is 19. The molecule has 0 amide bonds. The second-order valence-electron chi connectivity index (χ2n) is 16.2. The van der Waals surface area contributed by atoms with Gasteiger partial charge < -0.3 is 39.9 Å². The van der Waals surface area contributed by atoms with E-state index in [-0.39, 0.29) is 13.0 Å². The molecule has 1 fully saturated rings. The van der Waals surface area contributed by atoms with Crippen molar-refractivity contribution in [3.05, 3.63) is 48.6 Å². The number of phosphoric acid groups is 1. The van der Waals surface area contributed by atoms with Gasteiger partial charge in [-0.25, -0.2) is 4.57 Å². The summed E-state index contributed by atoms with van der Waals surface area (Å²) >= 11 is 0. The van der Waals surface area contributed by atoms with Gasteiger partial charge in [0.1, 0.15) is 42.7 Å². The van der Waals surface area contributed by atoms with Crippen LogP contribution in [0.4, 0.5) is 0 Å². The van der Waals surface area contributed by atoms with E-state index in [9.17, 15) is 39.8 Å². The summed E-state index contributed by atoms with van der Waals surface area (Å²) in [5.41, 5.74) is 0. The molecular weight excluding hydrogens is 787 g/mol. The normalized spacial score (nSPS) is 22.7. The molecule has 60 heavy (non-hydrogen) atoms. The Morgan fingerprint density at radius 1 is 0.550 bits per heavy atom. The molecule has 13 heteroatoms. The van der Waals surface area contributed by atoms with Crippen molar-refractivity contribution >= 4 is 13.8 Å². The molecule has 12 nitrogen and oxygen atoms in total. The molecule has 0 aliphatic heterocycles. The molecule has 0 aromatic rings. The Balaban J connectivity index is 2.29. The number of ether oxygens (including phenoxy) is 2. The number of allylic oxidation sites excluding steroid dienone is 8. The van der Waals surface area contributed by atoms with Crippen molar-refractivity contribution in [2.75, 3.05) is 19.8 Å². The van der Waals surface area contributed by atoms with Crippen LogP contribution in [0.2, 0.25) is 0 Å². The minimum Gasteiger partial charge on any atom is -0.457 e. The molecule has 0 spiro atoms. The Labute approximate surface area is 363 Å². The van der Waals surface area contributed by atoms with E-state index < -0.39 is 63.1 Å². The predicted octanol–water partition coefficient (Wildman–Crippen LogP) is 9.64. The van der Waals surface area contributed by atoms with Crippen LogP contribution >= 0.6 is 7.82 Å². The lowest BCUT2D eigenvalue weighted by Crippen LogP contribution is -2.64. The second kappa shape index (κ2) is 37.8. The van der Waals surface area contributed by atoms with Crippen molar-refractivity contribution in [1.82, 2.24) is 0 Å². The van der Waals surface area contributed by atoms with Crippen LogP contribution in [-0.2, 0) is 27.9 Å². The van der Waals surface area contributed by atoms with E-state index in [4.69, 9.17) is 18.5 Å². The van der Waals surface area contributed by atoms with Gasteiger partial charge in [-0.3, -0.25) is 13.8 Å². The van der Waals surface area contributed by atoms with Gasteiger partial charge in [-0.05, 0) is 51.4 Å². The summed E-state index contributed by atoms with van der Waals surface area (Å²) in [5, 5.41) is 50.1. The Kier molecular flexibility index (Phi) is 35.5. The molecule has 1 rings (SSSR count). The fraction of sp³-hybridized carbons (Fsp3) is 0.809. The van der Waals surface area contributed by atoms with Gasteiger partial charge in [-0.2, -0.15) is 0 Å². The zero-order valence-corrected chi connectivity index (χ0v) is 38.1. The van der Waals surface area contributed by atoms with Crippen LogP contribution in [0.25, 0.3) is 0 Å². The first-order valence-electron chi connectivity index (χ1n) is 23.5. The lowest BCUT2D eigenvalue weighted by atomic mass is 9.85. The molecule has 1 aliphatic rings. The number of hydrogen-bond donors (Lipinski definition) is 6. The lowest BCUT2D eigenvalue weighted by Gasteiger charge is -2.41. The molecule has 6 N–H and O–H groups in total. The van der Waals surface area contributed by atoms with Crippen molar-refractivity contribution in [2.45, 2.75) is 224 Å². The van der Waals surface area contributed by atoms with E-state index in [1.807, 2.05) is 0 Å². The Hall–Kier alpha value is -1.70. The molecule has 1 aliphatic carbocycles. The zero-order chi connectivity index (χ0) is 44.1. The molecule has 0 aromatic carbocycles. The molecule has 350 valence electrons. The summed E-state index contributed by atoms with van der Waals surface area (Å²) in [6.07, 6.45) is 33.4. The van der Waals surface area contributed by atoms with Gasteiger partial charge in [-0.15, -0.1) is 0 Å². The summed E-state index contributed by atoms with van der Waals surface area (Å²) in [6, 6.07) is 0. The topological polar surface area (TPSA) is 192 Å². The molecule has 0 heterocycles. The van der Waals surface area contributed by atoms with Crippen LogP contribution in [0.1, 0.15) is 181 Å². The number of aliphatic hydroxyl groups is 5. The second-order valence-corrected chi connectivity index (χ2v) is 17.6. The van der Waals surface area contributed by atoms with Crippen molar-refractivity contribution in [3.8, 4) is 0 Å². The van der Waals surface area contributed by atoms with Crippen molar-refractivity contribution in [2.24, 2.45) is 0 Å². The standard InChI is InChI=1S/C47H85O12P/c1-3-5-7-9-11-13-14-15-16-17-18-19-20-21-22-23-24-25-26-27-29-31-33-35-37-56-38-40(58-41(48)36-34-32-30-28-12-10-8-6-4-2)39-57-60(54,55)59-47-45(52)43(50)42(49)44(51)46(47)53/h5,7,11,13,15-16,18-19,40,42-47,49-53H,3-4,6,8-10,12,14,17,20-39H2,1-2H3,(H,54,55)/b7-5-,13-11-,16-15-,19-18-. The highest BCUT2D eigenvalue weighted by Crippen LogP contribution is 2.47. The van der Waals surface area contributed by atoms with E-state index in [2.05, 4.69) is 62.5 Å². The van der Waals surface area contributed by atoms with Crippen molar-refractivity contribution in [1.29, 1.82) is 0 Å². The molecule has 0 saturated heterocycles. The van der Waals surface area contributed by atoms with Crippen molar-refractivity contribution in [3.63, 3.8) is 0 Å². The van der Waals surface area contributed by atoms with Gasteiger partial charge in [0, 0.05) is 13.0 Å². The van der Waals surface area contributed by atoms with Crippen molar-refractivity contribution < 1.29 is 58.3 Å². The quantitative estimate of drug-likeness (QED) is 0.0149. The lowest BCUT2D eigenvalue weighted by molar-refractivity contribution is -0.220. The van der Waals surface area contributed by atoms with Crippen LogP contribution in [0.5, 0.6) is 0 Å². The molecular formula is C47H85O12P. The number of phosphoric ester groups is 1. The molecule has 0 radical (unpaired) electrons. The Morgan fingerprint density at radius 2 is 0.983 bits per heavy atom. The first-order chi connectivity index (χ1) is 29.0. The Bertz CT molecular complexity index is 1180. The van der Waals surface area contributed by atoms with Crippen LogP contribution in [-0.4, -0.2) is 98.9 Å². The average Bonchev–Trinajstić information content (AvgIpc) is 3.23. The molecule has 0 aromatic heterocycles. The molecule has 1 saturated carbocycles. The third-order valence-electron chi connectivity index (χ3n) is 10.7. The van der Waals surface area contributed by atoms with E-state index in [0.29, 0.717) is 13.0 Å². The molecule has 6 unspecified atom stereocenters. The minimum atomic E-state index is -5.01. The zero-order valence-electron chi connectivity index (χ0n) is 37.2. The van der Waals surface area contributed by atoms with Crippen LogP contribution in [0, 0.1) is 0 Å². The summed E-state index contributed by atoms with van der Waals surface area (Å²) in [7, 11) is -5.01. The van der Waals surface area contributed by atoms with Crippen LogP contribution < -0.4 is 0 Å². The van der Waals surface area contributed by atoms with Gasteiger partial charge >= 0.3 is 13.8 Å². The maximum atomic E-state index is 12.8. The number of aliphatic hydroxyl groups excluding tert-OH is 5. The smallest absolute Gasteiger partial charge is 0.457 e. The third kappa shape index (κ3) is 29.6. The monoisotopic (exact) mass is 873 g/mol. The summed E-state index contributed by atoms with van der Waals surface area (Å²) < 4.78 is 34.1. The van der Waals surface area contributed by atoms with E-state index in [1.165, 1.54) is 83.5 Å². The van der Waals surface area contributed by atoms with Gasteiger partial charge in [-0.1, -0.05) is 172 Å². The van der Waals surface area contributed by atoms with Crippen LogP contribution in [0.15, 0.2) is 48.6 Å². The SMILES string of the molecule is CC/C=C\C/C=C\C/C=C\C/C=C\CCCCCCCCCCCCCOCC(COP(=O)(O)OC1C(O)C(O)C(O)C(O)C1O)OC(=O)CCCCCCCCCCC. The fourth-order valence-electron chi connectivity index (χ4n) is 6.99. The number of rotatable bonds is 39. The Morgan fingerprint density at radius 3 is 1.50 bits per heavy atom. The summed E-state index contributed by atoms with van der Waals surface area (Å²) in [4.78, 5) is 23.1. The van der Waals surface area contributed by atoms with Gasteiger partial charge in [0.15, 0.2) is 0 Å². The highest BCUT2D eigenvalue weighted by atomic mass is 31.2. The fourth-order valence-corrected chi connectivity index (χ4v) is 7.97. The van der Waals surface area contributed by atoms with Gasteiger partial charge in [0.2, 0.25) is 0 Å². The maximum Gasteiger partial charge on any atom is 0.472 e. The number of hydrogen-bond acceptors (Lipinski definition) is 11. The first-order valence-corrected chi connectivity index (χ1v) is 25.0. The van der Waals surface area contributed by atoms with Gasteiger partial charge in [0.25, 0.3) is 0 Å². The van der Waals surface area contributed by atoms with E-state index >= 15 is 0 Å². The summed E-state index contributed by atoms with van der Waals surface area (Å²) in [6.45, 7) is 4.11. The molecule has 0 bridgehead atoms. The number of esters is 1.